The van der Waals surface area contributed by atoms with Crippen molar-refractivity contribution in [2.75, 3.05) is 26.2 Å². The largest absolute Gasteiger partial charge is 0.461 e. The van der Waals surface area contributed by atoms with E-state index in [9.17, 15) is 9.90 Å². The van der Waals surface area contributed by atoms with Crippen LogP contribution in [0.3, 0.4) is 0 Å². The minimum atomic E-state index is -0.0197. The number of hydrogen-bond donors (Lipinski definition) is 2. The van der Waals surface area contributed by atoms with Crippen LogP contribution in [0.2, 0.25) is 0 Å². The van der Waals surface area contributed by atoms with Gasteiger partial charge in [0.2, 0.25) is 0 Å². The van der Waals surface area contributed by atoms with Crippen molar-refractivity contribution < 1.29 is 14.3 Å². The maximum absolute atomic E-state index is 12.3. The number of urea groups is 1. The third-order valence-corrected chi connectivity index (χ3v) is 5.32. The number of likely N-dealkylation sites (tertiary alicyclic amines) is 1. The fraction of sp³-hybridized carbons (Fsp3) is 0.526. The summed E-state index contributed by atoms with van der Waals surface area (Å²) in [6.07, 6.45) is 3.39. The second-order valence-electron chi connectivity index (χ2n) is 6.73. The number of piperidine rings is 1. The molecule has 0 atom stereocenters. The molecule has 3 rings (SSSR count). The molecule has 0 saturated carbocycles. The zero-order valence-corrected chi connectivity index (χ0v) is 14.3. The van der Waals surface area contributed by atoms with Gasteiger partial charge in [-0.3, -0.25) is 0 Å². The van der Waals surface area contributed by atoms with Crippen molar-refractivity contribution in [3.63, 3.8) is 0 Å². The maximum Gasteiger partial charge on any atom is 0.317 e. The van der Waals surface area contributed by atoms with Crippen LogP contribution < -0.4 is 5.32 Å². The first-order valence-electron chi connectivity index (χ1n) is 8.77. The average molecular weight is 330 g/mol. The van der Waals surface area contributed by atoms with Crippen molar-refractivity contribution >= 4 is 17.0 Å². The van der Waals surface area contributed by atoms with Gasteiger partial charge in [0.1, 0.15) is 11.3 Å². The molecule has 2 aromatic rings. The Labute approximate surface area is 142 Å². The van der Waals surface area contributed by atoms with Gasteiger partial charge in [-0.15, -0.1) is 0 Å². The van der Waals surface area contributed by atoms with Gasteiger partial charge >= 0.3 is 6.03 Å². The molecule has 5 heteroatoms. The number of rotatable bonds is 5. The number of furan rings is 1. The molecule has 5 nitrogen and oxygen atoms in total. The van der Waals surface area contributed by atoms with Gasteiger partial charge in [-0.2, -0.15) is 0 Å². The highest BCUT2D eigenvalue weighted by Crippen LogP contribution is 2.34. The quantitative estimate of drug-likeness (QED) is 0.885. The lowest BCUT2D eigenvalue weighted by molar-refractivity contribution is 0.0520. The number of amides is 2. The molecule has 1 aromatic carbocycles. The van der Waals surface area contributed by atoms with E-state index >= 15 is 0 Å². The number of aliphatic hydroxyl groups excluding tert-OH is 1. The number of fused-ring (bicyclic) bond motifs is 1. The van der Waals surface area contributed by atoms with E-state index in [1.807, 2.05) is 35.2 Å². The van der Waals surface area contributed by atoms with Crippen molar-refractivity contribution in [1.29, 1.82) is 0 Å². The Morgan fingerprint density at radius 3 is 2.75 bits per heavy atom. The maximum atomic E-state index is 12.3. The van der Waals surface area contributed by atoms with Gasteiger partial charge in [-0.25, -0.2) is 4.79 Å². The number of benzene rings is 1. The lowest BCUT2D eigenvalue weighted by Gasteiger charge is -2.40. The third kappa shape index (κ3) is 3.56. The summed E-state index contributed by atoms with van der Waals surface area (Å²) in [5, 5.41) is 13.6. The van der Waals surface area contributed by atoms with Crippen molar-refractivity contribution in [2.45, 2.75) is 32.6 Å². The first-order valence-corrected chi connectivity index (χ1v) is 8.77. The zero-order chi connectivity index (χ0) is 17.0. The lowest BCUT2D eigenvalue weighted by atomic mass is 9.77. The van der Waals surface area contributed by atoms with Crippen molar-refractivity contribution in [3.05, 3.63) is 36.1 Å². The molecule has 24 heavy (non-hydrogen) atoms. The lowest BCUT2D eigenvalue weighted by Crippen LogP contribution is -2.48. The molecule has 2 heterocycles. The Morgan fingerprint density at radius 1 is 1.33 bits per heavy atom. The summed E-state index contributed by atoms with van der Waals surface area (Å²) in [6, 6.07) is 9.93. The van der Waals surface area contributed by atoms with Crippen LogP contribution in [-0.2, 0) is 6.42 Å². The van der Waals surface area contributed by atoms with E-state index in [4.69, 9.17) is 4.42 Å². The summed E-state index contributed by atoms with van der Waals surface area (Å²) < 4.78 is 5.76. The van der Waals surface area contributed by atoms with E-state index in [0.717, 1.165) is 36.0 Å². The Bertz CT molecular complexity index is 648. The van der Waals surface area contributed by atoms with E-state index in [1.165, 1.54) is 0 Å². The first kappa shape index (κ1) is 16.8. The average Bonchev–Trinajstić information content (AvgIpc) is 3.04. The molecule has 0 spiro atoms. The number of nitrogens with zero attached hydrogens (tertiary/aromatic N) is 1. The summed E-state index contributed by atoms with van der Waals surface area (Å²) in [5.41, 5.74) is 0.889. The molecule has 1 aliphatic heterocycles. The summed E-state index contributed by atoms with van der Waals surface area (Å²) in [5.74, 6) is 0.889. The van der Waals surface area contributed by atoms with Crippen LogP contribution in [-0.4, -0.2) is 42.3 Å². The molecule has 0 aliphatic carbocycles. The summed E-state index contributed by atoms with van der Waals surface area (Å²) in [4.78, 5) is 14.1. The number of carbonyl (C=O) groups is 1. The van der Waals surface area contributed by atoms with Crippen molar-refractivity contribution in [3.8, 4) is 0 Å². The molecule has 2 N–H and O–H groups in total. The second-order valence-corrected chi connectivity index (χ2v) is 6.73. The SMILES string of the molecule is CCC1(CO)CCN(C(=O)NCCc2cc3ccccc3o2)CC1. The van der Waals surface area contributed by atoms with Crippen molar-refractivity contribution in [2.24, 2.45) is 5.41 Å². The predicted octanol–water partition coefficient (Wildman–Crippen LogP) is 3.17. The number of aliphatic hydroxyl groups is 1. The highest BCUT2D eigenvalue weighted by Gasteiger charge is 2.33. The molecule has 1 aliphatic rings. The summed E-state index contributed by atoms with van der Waals surface area (Å²) >= 11 is 0. The molecule has 0 radical (unpaired) electrons. The fourth-order valence-electron chi connectivity index (χ4n) is 3.37. The molecule has 2 amide bonds. The topological polar surface area (TPSA) is 65.7 Å². The summed E-state index contributed by atoms with van der Waals surface area (Å²) in [7, 11) is 0. The van der Waals surface area contributed by atoms with Gasteiger partial charge < -0.3 is 19.7 Å². The molecule has 130 valence electrons. The van der Waals surface area contributed by atoms with Crippen LogP contribution in [0.25, 0.3) is 11.0 Å². The molecule has 1 saturated heterocycles. The Balaban J connectivity index is 1.46. The summed E-state index contributed by atoms with van der Waals surface area (Å²) in [6.45, 7) is 4.31. The number of nitrogens with one attached hydrogen (secondary N) is 1. The van der Waals surface area contributed by atoms with Gasteiger partial charge in [-0.1, -0.05) is 25.1 Å². The standard InChI is InChI=1S/C19H26N2O3/c1-2-19(14-22)8-11-21(12-9-19)18(23)20-10-7-16-13-15-5-3-4-6-17(15)24-16/h3-6,13,22H,2,7-12,14H2,1H3,(H,20,23). The van der Waals surface area contributed by atoms with Crippen LogP contribution in [0.15, 0.2) is 34.7 Å². The predicted molar refractivity (Wildman–Crippen MR) is 93.9 cm³/mol. The van der Waals surface area contributed by atoms with Crippen LogP contribution in [0.4, 0.5) is 4.79 Å². The van der Waals surface area contributed by atoms with E-state index in [1.54, 1.807) is 0 Å². The Hall–Kier alpha value is -2.01. The molecular weight excluding hydrogens is 304 g/mol. The number of hydrogen-bond acceptors (Lipinski definition) is 3. The second kappa shape index (κ2) is 7.26. The number of para-hydroxylation sites is 1. The fourth-order valence-corrected chi connectivity index (χ4v) is 3.37. The van der Waals surface area contributed by atoms with Gasteiger partial charge in [0.15, 0.2) is 0 Å². The van der Waals surface area contributed by atoms with Gasteiger partial charge in [0.25, 0.3) is 0 Å². The molecular formula is C19H26N2O3. The van der Waals surface area contributed by atoms with E-state index < -0.39 is 0 Å². The third-order valence-electron chi connectivity index (χ3n) is 5.32. The first-order chi connectivity index (χ1) is 11.7. The zero-order valence-electron chi connectivity index (χ0n) is 14.3. The molecule has 1 fully saturated rings. The molecule has 1 aromatic heterocycles. The Morgan fingerprint density at radius 2 is 2.08 bits per heavy atom. The van der Waals surface area contributed by atoms with Gasteiger partial charge in [0.05, 0.1) is 0 Å². The van der Waals surface area contributed by atoms with E-state index in [2.05, 4.69) is 12.2 Å². The van der Waals surface area contributed by atoms with Gasteiger partial charge in [0, 0.05) is 38.0 Å². The highest BCUT2D eigenvalue weighted by molar-refractivity contribution is 5.77. The molecule has 0 unspecified atom stereocenters. The van der Waals surface area contributed by atoms with E-state index in [-0.39, 0.29) is 18.1 Å². The van der Waals surface area contributed by atoms with Gasteiger partial charge in [-0.05, 0) is 36.8 Å². The molecule has 0 bridgehead atoms. The normalized spacial score (nSPS) is 17.2. The van der Waals surface area contributed by atoms with Crippen LogP contribution in [0.1, 0.15) is 31.9 Å². The number of carbonyl (C=O) groups excluding carboxylic acids is 1. The minimum Gasteiger partial charge on any atom is -0.461 e. The van der Waals surface area contributed by atoms with E-state index in [0.29, 0.717) is 26.1 Å². The smallest absolute Gasteiger partial charge is 0.317 e. The van der Waals surface area contributed by atoms with Crippen LogP contribution in [0.5, 0.6) is 0 Å². The highest BCUT2D eigenvalue weighted by atomic mass is 16.3. The monoisotopic (exact) mass is 330 g/mol. The Kier molecular flexibility index (Phi) is 5.09. The minimum absolute atomic E-state index is 0.00502. The van der Waals surface area contributed by atoms with Crippen LogP contribution in [0, 0.1) is 5.41 Å². The van der Waals surface area contributed by atoms with Crippen LogP contribution >= 0.6 is 0 Å². The van der Waals surface area contributed by atoms with Crippen molar-refractivity contribution in [1.82, 2.24) is 10.2 Å².